The first kappa shape index (κ1) is 23.7. The average Bonchev–Trinajstić information content (AvgIpc) is 2.70. The number of piperidine rings is 1. The Morgan fingerprint density at radius 1 is 1.29 bits per heavy atom. The summed E-state index contributed by atoms with van der Waals surface area (Å²) in [5.41, 5.74) is -0.824. The Labute approximate surface area is 176 Å². The maximum absolute atomic E-state index is 13.2. The number of aromatic nitrogens is 1. The fraction of sp³-hybridized carbons (Fsp3) is 0.333. The van der Waals surface area contributed by atoms with Crippen molar-refractivity contribution in [2.45, 2.75) is 25.9 Å². The largest absolute Gasteiger partial charge is 0.483 e. The molecule has 0 radical (unpaired) electrons. The number of carboxylic acids is 1. The molecule has 1 aromatic carbocycles. The zero-order valence-corrected chi connectivity index (χ0v) is 16.7. The van der Waals surface area contributed by atoms with Crippen molar-refractivity contribution in [1.82, 2.24) is 9.88 Å². The van der Waals surface area contributed by atoms with E-state index in [1.54, 1.807) is 6.92 Å². The van der Waals surface area contributed by atoms with Crippen molar-refractivity contribution < 1.29 is 34.1 Å². The molecule has 1 aliphatic rings. The first-order chi connectivity index (χ1) is 14.6. The van der Waals surface area contributed by atoms with Crippen molar-refractivity contribution in [2.24, 2.45) is 5.41 Å². The summed E-state index contributed by atoms with van der Waals surface area (Å²) in [5.74, 6) is -2.19. The molecule has 1 aliphatic heterocycles. The Hall–Kier alpha value is -3.53. The van der Waals surface area contributed by atoms with Gasteiger partial charge in [0.2, 0.25) is 0 Å². The van der Waals surface area contributed by atoms with Crippen LogP contribution in [-0.2, 0) is 16.0 Å². The Morgan fingerprint density at radius 2 is 1.90 bits per heavy atom. The molecule has 2 aromatic rings. The van der Waals surface area contributed by atoms with Crippen LogP contribution >= 0.6 is 0 Å². The molecule has 166 valence electrons. The second-order valence-corrected chi connectivity index (χ2v) is 7.31. The Bertz CT molecular complexity index is 1010. The van der Waals surface area contributed by atoms with Gasteiger partial charge in [-0.1, -0.05) is 12.1 Å². The third-order valence-electron chi connectivity index (χ3n) is 5.14. The van der Waals surface area contributed by atoms with Crippen molar-refractivity contribution >= 4 is 18.3 Å². The molecule has 1 amide bonds. The first-order valence-corrected chi connectivity index (χ1v) is 9.37. The molecular formula is C21H23FN2O7. The second kappa shape index (κ2) is 9.98. The number of nitrogens with one attached hydrogen (secondary N) is 1. The van der Waals surface area contributed by atoms with Gasteiger partial charge in [-0.25, -0.2) is 4.39 Å². The zero-order chi connectivity index (χ0) is 23.2. The number of aryl methyl sites for hydroxylation is 1. The van der Waals surface area contributed by atoms with Gasteiger partial charge in [-0.05, 0) is 37.5 Å². The smallest absolute Gasteiger partial charge is 0.314 e. The van der Waals surface area contributed by atoms with Crippen molar-refractivity contribution in [2.75, 3.05) is 13.1 Å². The number of hydrogen-bond acceptors (Lipinski definition) is 5. The minimum absolute atomic E-state index is 0.0576. The van der Waals surface area contributed by atoms with E-state index in [9.17, 15) is 29.0 Å². The van der Waals surface area contributed by atoms with Crippen molar-refractivity contribution in [1.29, 1.82) is 0 Å². The van der Waals surface area contributed by atoms with Crippen LogP contribution < -0.4 is 5.43 Å². The highest BCUT2D eigenvalue weighted by molar-refractivity contribution is 5.93. The molecule has 1 saturated heterocycles. The molecule has 2 atom stereocenters. The van der Waals surface area contributed by atoms with Crippen LogP contribution in [0.2, 0.25) is 0 Å². The zero-order valence-electron chi connectivity index (χ0n) is 16.7. The maximum Gasteiger partial charge on any atom is 0.314 e. The summed E-state index contributed by atoms with van der Waals surface area (Å²) in [6.07, 6.45) is -1.15. The number of aromatic amines is 1. The number of hydrogen-bond donors (Lipinski definition) is 4. The highest BCUT2D eigenvalue weighted by atomic mass is 19.1. The second-order valence-electron chi connectivity index (χ2n) is 7.31. The van der Waals surface area contributed by atoms with E-state index in [0.29, 0.717) is 11.3 Å². The van der Waals surface area contributed by atoms with E-state index in [4.69, 9.17) is 9.90 Å². The fourth-order valence-electron chi connectivity index (χ4n) is 3.65. The molecule has 31 heavy (non-hydrogen) atoms. The fourth-order valence-corrected chi connectivity index (χ4v) is 3.65. The molecule has 9 nitrogen and oxygen atoms in total. The van der Waals surface area contributed by atoms with Gasteiger partial charge in [0.15, 0.2) is 5.43 Å². The summed E-state index contributed by atoms with van der Waals surface area (Å²) in [4.78, 5) is 49.2. The van der Waals surface area contributed by atoms with E-state index < -0.39 is 29.2 Å². The third kappa shape index (κ3) is 5.54. The molecular weight excluding hydrogens is 411 g/mol. The van der Waals surface area contributed by atoms with Gasteiger partial charge < -0.3 is 25.2 Å². The minimum Gasteiger partial charge on any atom is -0.483 e. The number of carboxylic acid groups (broad SMARTS) is 2. The van der Waals surface area contributed by atoms with Gasteiger partial charge >= 0.3 is 5.97 Å². The molecule has 3 rings (SSSR count). The molecule has 0 aliphatic carbocycles. The Kier molecular flexibility index (Phi) is 7.65. The number of benzene rings is 1. The Balaban J connectivity index is 0.00000107. The van der Waals surface area contributed by atoms with Crippen LogP contribution in [0.5, 0.6) is 0 Å². The third-order valence-corrected chi connectivity index (χ3v) is 5.14. The molecule has 0 bridgehead atoms. The van der Waals surface area contributed by atoms with E-state index in [0.717, 1.165) is 0 Å². The van der Waals surface area contributed by atoms with Crippen molar-refractivity contribution in [3.8, 4) is 0 Å². The summed E-state index contributed by atoms with van der Waals surface area (Å²) >= 11 is 0. The summed E-state index contributed by atoms with van der Waals surface area (Å²) in [5, 5.41) is 27.3. The average molecular weight is 434 g/mol. The summed E-state index contributed by atoms with van der Waals surface area (Å²) in [6, 6.07) is 7.90. The predicted octanol–water partition coefficient (Wildman–Crippen LogP) is 1.04. The first-order valence-electron chi connectivity index (χ1n) is 9.37. The van der Waals surface area contributed by atoms with Crippen LogP contribution in [-0.4, -0.2) is 62.7 Å². The van der Waals surface area contributed by atoms with Crippen molar-refractivity contribution in [3.05, 3.63) is 69.4 Å². The number of aliphatic carboxylic acids is 1. The number of H-pyrrole nitrogens is 1. The lowest BCUT2D eigenvalue weighted by Gasteiger charge is -2.43. The number of carbonyl (C=O) groups is 3. The van der Waals surface area contributed by atoms with E-state index in [1.165, 1.54) is 41.3 Å². The van der Waals surface area contributed by atoms with E-state index >= 15 is 0 Å². The molecule has 1 fully saturated rings. The summed E-state index contributed by atoms with van der Waals surface area (Å²) in [7, 11) is 0. The van der Waals surface area contributed by atoms with Crippen LogP contribution in [0, 0.1) is 18.2 Å². The number of halogens is 1. The SMILES string of the molecule is Cc1cc(=O)cc(C(=O)N2CC[C@@H](O)[C@](Cc3ccc(F)cc3)(C(=O)O)C2)[nH]1.O=CO. The molecule has 0 unspecified atom stereocenters. The van der Waals surface area contributed by atoms with Crippen molar-refractivity contribution in [3.63, 3.8) is 0 Å². The molecule has 1 aromatic heterocycles. The van der Waals surface area contributed by atoms with Gasteiger partial charge in [-0.15, -0.1) is 0 Å². The standard InChI is InChI=1S/C20H21FN2O5.CH2O2/c1-12-8-15(24)9-16(22-12)18(26)23-7-6-17(25)20(11-23,19(27)28)10-13-2-4-14(21)5-3-13;2-1-3/h2-5,8-9,17,25H,6-7,10-11H2,1H3,(H,22,24)(H,27,28);1H,(H,2,3)/t17-,20-;/m1./s1. The quantitative estimate of drug-likeness (QED) is 0.526. The highest BCUT2D eigenvalue weighted by Gasteiger charge is 2.50. The predicted molar refractivity (Wildman–Crippen MR) is 107 cm³/mol. The number of amides is 1. The normalized spacial score (nSPS) is 20.4. The lowest BCUT2D eigenvalue weighted by Crippen LogP contribution is -2.58. The number of aliphatic hydroxyl groups excluding tert-OH is 1. The maximum atomic E-state index is 13.2. The number of aliphatic hydroxyl groups is 1. The Morgan fingerprint density at radius 3 is 2.45 bits per heavy atom. The molecule has 10 heteroatoms. The van der Waals surface area contributed by atoms with Crippen LogP contribution in [0.3, 0.4) is 0 Å². The van der Waals surface area contributed by atoms with Gasteiger partial charge in [0.25, 0.3) is 12.4 Å². The number of pyridine rings is 1. The lowest BCUT2D eigenvalue weighted by molar-refractivity contribution is -0.161. The highest BCUT2D eigenvalue weighted by Crippen LogP contribution is 2.35. The van der Waals surface area contributed by atoms with E-state index in [-0.39, 0.29) is 43.5 Å². The minimum atomic E-state index is -1.63. The number of rotatable bonds is 4. The molecule has 2 heterocycles. The lowest BCUT2D eigenvalue weighted by atomic mass is 9.72. The van der Waals surface area contributed by atoms with Gasteiger partial charge in [-0.2, -0.15) is 0 Å². The van der Waals surface area contributed by atoms with E-state index in [2.05, 4.69) is 4.98 Å². The molecule has 0 spiro atoms. The van der Waals surface area contributed by atoms with Crippen LogP contribution in [0.1, 0.15) is 28.2 Å². The van der Waals surface area contributed by atoms with Gasteiger partial charge in [0.1, 0.15) is 16.9 Å². The van der Waals surface area contributed by atoms with Crippen LogP contribution in [0.4, 0.5) is 4.39 Å². The molecule has 4 N–H and O–H groups in total. The summed E-state index contributed by atoms with van der Waals surface area (Å²) < 4.78 is 13.2. The van der Waals surface area contributed by atoms with Gasteiger partial charge in [0, 0.05) is 30.9 Å². The topological polar surface area (TPSA) is 148 Å². The van der Waals surface area contributed by atoms with Crippen LogP contribution in [0.15, 0.2) is 41.2 Å². The number of carbonyl (C=O) groups excluding carboxylic acids is 1. The van der Waals surface area contributed by atoms with Gasteiger partial charge in [-0.3, -0.25) is 19.2 Å². The van der Waals surface area contributed by atoms with Gasteiger partial charge in [0.05, 0.1) is 6.10 Å². The summed E-state index contributed by atoms with van der Waals surface area (Å²) in [6.45, 7) is 1.33. The monoisotopic (exact) mass is 434 g/mol. The van der Waals surface area contributed by atoms with Crippen LogP contribution in [0.25, 0.3) is 0 Å². The number of nitrogens with zero attached hydrogens (tertiary/aromatic N) is 1. The van der Waals surface area contributed by atoms with E-state index in [1.807, 2.05) is 0 Å². The number of likely N-dealkylation sites (tertiary alicyclic amines) is 1. The molecule has 0 saturated carbocycles.